The Bertz CT molecular complexity index is 1290. The number of rotatable bonds is 5. The van der Waals surface area contributed by atoms with Gasteiger partial charge in [-0.1, -0.05) is 35.9 Å². The molecule has 5 rings (SSSR count). The van der Waals surface area contributed by atoms with Gasteiger partial charge in [-0.15, -0.1) is 22.7 Å². The summed E-state index contributed by atoms with van der Waals surface area (Å²) in [5.74, 6) is -0.202. The van der Waals surface area contributed by atoms with E-state index in [-0.39, 0.29) is 24.1 Å². The number of fused-ring (bicyclic) bond motifs is 3. The summed E-state index contributed by atoms with van der Waals surface area (Å²) >= 11 is 3.23. The summed E-state index contributed by atoms with van der Waals surface area (Å²) in [6.07, 6.45) is 5.73. The molecule has 1 aliphatic carbocycles. The SMILES string of the molecule is Cc1ccc(C(NC(=O)Cn2cnc3sc4c(c3c2=O)CCCC4)c2cccs2)cc1. The Hall–Kier alpha value is -2.77. The Morgan fingerprint density at radius 1 is 1.19 bits per heavy atom. The third kappa shape index (κ3) is 3.95. The van der Waals surface area contributed by atoms with E-state index in [1.54, 1.807) is 22.7 Å². The first-order chi connectivity index (χ1) is 15.1. The van der Waals surface area contributed by atoms with Crippen molar-refractivity contribution >= 4 is 38.8 Å². The molecule has 7 heteroatoms. The van der Waals surface area contributed by atoms with Crippen LogP contribution in [-0.4, -0.2) is 15.5 Å². The van der Waals surface area contributed by atoms with Crippen molar-refractivity contribution in [3.63, 3.8) is 0 Å². The molecule has 3 heterocycles. The number of nitrogens with zero attached hydrogens (tertiary/aromatic N) is 2. The second-order valence-corrected chi connectivity index (χ2v) is 10.1. The average Bonchev–Trinajstić information content (AvgIpc) is 3.43. The quantitative estimate of drug-likeness (QED) is 0.484. The predicted molar refractivity (Wildman–Crippen MR) is 126 cm³/mol. The van der Waals surface area contributed by atoms with Crippen molar-refractivity contribution in [2.45, 2.75) is 45.2 Å². The lowest BCUT2D eigenvalue weighted by Crippen LogP contribution is -2.35. The monoisotopic (exact) mass is 449 g/mol. The second-order valence-electron chi connectivity index (χ2n) is 8.00. The van der Waals surface area contributed by atoms with Crippen molar-refractivity contribution in [1.29, 1.82) is 0 Å². The highest BCUT2D eigenvalue weighted by atomic mass is 32.1. The Balaban J connectivity index is 1.42. The molecule has 31 heavy (non-hydrogen) atoms. The lowest BCUT2D eigenvalue weighted by molar-refractivity contribution is -0.122. The van der Waals surface area contributed by atoms with Gasteiger partial charge in [0.25, 0.3) is 5.56 Å². The highest BCUT2D eigenvalue weighted by Gasteiger charge is 2.22. The number of nitrogens with one attached hydrogen (secondary N) is 1. The van der Waals surface area contributed by atoms with Gasteiger partial charge in [-0.2, -0.15) is 0 Å². The third-order valence-corrected chi connectivity index (χ3v) is 7.94. The first kappa shape index (κ1) is 20.2. The minimum Gasteiger partial charge on any atom is -0.343 e. The fourth-order valence-corrected chi connectivity index (χ4v) is 6.21. The van der Waals surface area contributed by atoms with E-state index in [1.807, 2.05) is 48.7 Å². The Kier molecular flexibility index (Phi) is 5.46. The molecule has 0 saturated carbocycles. The van der Waals surface area contributed by atoms with Crippen LogP contribution in [0.2, 0.25) is 0 Å². The minimum atomic E-state index is -0.241. The number of carbonyl (C=O) groups excluding carboxylic acids is 1. The normalized spacial score (nSPS) is 14.4. The first-order valence-electron chi connectivity index (χ1n) is 10.5. The van der Waals surface area contributed by atoms with Crippen molar-refractivity contribution in [3.05, 3.63) is 84.9 Å². The zero-order valence-electron chi connectivity index (χ0n) is 17.3. The summed E-state index contributed by atoms with van der Waals surface area (Å²) in [7, 11) is 0. The predicted octanol–water partition coefficient (Wildman–Crippen LogP) is 4.61. The molecule has 1 amide bonds. The van der Waals surface area contributed by atoms with Gasteiger partial charge in [0.15, 0.2) is 0 Å². The van der Waals surface area contributed by atoms with Crippen LogP contribution in [0.25, 0.3) is 10.2 Å². The molecule has 0 spiro atoms. The van der Waals surface area contributed by atoms with E-state index in [1.165, 1.54) is 27.8 Å². The molecule has 0 bridgehead atoms. The molecular formula is C24H23N3O2S2. The van der Waals surface area contributed by atoms with Gasteiger partial charge in [0.05, 0.1) is 17.8 Å². The summed E-state index contributed by atoms with van der Waals surface area (Å²) in [5.41, 5.74) is 3.23. The number of thiophene rings is 2. The van der Waals surface area contributed by atoms with Crippen LogP contribution in [0, 0.1) is 6.92 Å². The van der Waals surface area contributed by atoms with Gasteiger partial charge in [0.2, 0.25) is 5.91 Å². The molecule has 0 fully saturated rings. The smallest absolute Gasteiger partial charge is 0.262 e. The fourth-order valence-electron chi connectivity index (χ4n) is 4.19. The number of amides is 1. The van der Waals surface area contributed by atoms with Gasteiger partial charge < -0.3 is 5.32 Å². The highest BCUT2D eigenvalue weighted by molar-refractivity contribution is 7.18. The molecule has 158 valence electrons. The standard InChI is InChI=1S/C24H23N3O2S2/c1-15-8-10-16(11-9-15)22(19-7-4-12-30-19)26-20(28)13-27-14-25-23-21(24(27)29)17-5-2-3-6-18(17)31-23/h4,7-12,14,22H,2-3,5-6,13H2,1H3,(H,26,28). The second kappa shape index (κ2) is 8.40. The summed E-state index contributed by atoms with van der Waals surface area (Å²) in [6.45, 7) is 2.00. The van der Waals surface area contributed by atoms with E-state index in [0.29, 0.717) is 5.39 Å². The zero-order chi connectivity index (χ0) is 21.4. The largest absolute Gasteiger partial charge is 0.343 e. The van der Waals surface area contributed by atoms with Crippen molar-refractivity contribution in [2.24, 2.45) is 0 Å². The van der Waals surface area contributed by atoms with E-state index in [9.17, 15) is 9.59 Å². The van der Waals surface area contributed by atoms with Crippen LogP contribution in [0.4, 0.5) is 0 Å². The maximum absolute atomic E-state index is 13.2. The van der Waals surface area contributed by atoms with E-state index in [2.05, 4.69) is 10.3 Å². The topological polar surface area (TPSA) is 64.0 Å². The van der Waals surface area contributed by atoms with Crippen LogP contribution in [0.3, 0.4) is 0 Å². The third-order valence-electron chi connectivity index (χ3n) is 5.80. The van der Waals surface area contributed by atoms with Crippen LogP contribution in [0.15, 0.2) is 52.9 Å². The summed E-state index contributed by atoms with van der Waals surface area (Å²) in [6, 6.07) is 11.9. The molecule has 0 radical (unpaired) electrons. The van der Waals surface area contributed by atoms with Crippen LogP contribution in [-0.2, 0) is 24.2 Å². The zero-order valence-corrected chi connectivity index (χ0v) is 18.9. The van der Waals surface area contributed by atoms with Crippen LogP contribution in [0.1, 0.15) is 45.3 Å². The number of carbonyl (C=O) groups is 1. The highest BCUT2D eigenvalue weighted by Crippen LogP contribution is 2.33. The maximum Gasteiger partial charge on any atom is 0.262 e. The Labute approximate surface area is 188 Å². The van der Waals surface area contributed by atoms with Crippen molar-refractivity contribution in [3.8, 4) is 0 Å². The molecular weight excluding hydrogens is 426 g/mol. The molecule has 0 saturated heterocycles. The molecule has 3 aromatic heterocycles. The number of hydrogen-bond acceptors (Lipinski definition) is 5. The van der Waals surface area contributed by atoms with Crippen LogP contribution in [0.5, 0.6) is 0 Å². The molecule has 1 atom stereocenters. The number of aryl methyl sites for hydroxylation is 3. The van der Waals surface area contributed by atoms with Gasteiger partial charge in [0.1, 0.15) is 11.4 Å². The van der Waals surface area contributed by atoms with Crippen molar-refractivity contribution in [2.75, 3.05) is 0 Å². The summed E-state index contributed by atoms with van der Waals surface area (Å²) in [4.78, 5) is 33.8. The van der Waals surface area contributed by atoms with E-state index in [0.717, 1.165) is 40.1 Å². The van der Waals surface area contributed by atoms with Gasteiger partial charge in [-0.05, 0) is 55.2 Å². The molecule has 5 nitrogen and oxygen atoms in total. The van der Waals surface area contributed by atoms with Crippen LogP contribution >= 0.6 is 22.7 Å². The van der Waals surface area contributed by atoms with E-state index >= 15 is 0 Å². The number of aromatic nitrogens is 2. The molecule has 4 aromatic rings. The Morgan fingerprint density at radius 2 is 2.00 bits per heavy atom. The fraction of sp³-hybridized carbons (Fsp3) is 0.292. The first-order valence-corrected chi connectivity index (χ1v) is 12.2. The van der Waals surface area contributed by atoms with E-state index in [4.69, 9.17) is 0 Å². The van der Waals surface area contributed by atoms with Gasteiger partial charge in [-0.3, -0.25) is 14.2 Å². The van der Waals surface area contributed by atoms with Gasteiger partial charge >= 0.3 is 0 Å². The lowest BCUT2D eigenvalue weighted by Gasteiger charge is -2.19. The lowest BCUT2D eigenvalue weighted by atomic mass is 9.97. The van der Waals surface area contributed by atoms with E-state index < -0.39 is 0 Å². The van der Waals surface area contributed by atoms with Crippen LogP contribution < -0.4 is 10.9 Å². The molecule has 0 aliphatic heterocycles. The summed E-state index contributed by atoms with van der Waals surface area (Å²) in [5, 5.41) is 5.84. The molecule has 1 unspecified atom stereocenters. The molecule has 1 aliphatic rings. The number of hydrogen-bond donors (Lipinski definition) is 1. The molecule has 1 N–H and O–H groups in total. The van der Waals surface area contributed by atoms with Crippen molar-refractivity contribution in [1.82, 2.24) is 14.9 Å². The summed E-state index contributed by atoms with van der Waals surface area (Å²) < 4.78 is 1.44. The maximum atomic E-state index is 13.2. The molecule has 1 aromatic carbocycles. The minimum absolute atomic E-state index is 0.0415. The average molecular weight is 450 g/mol. The number of benzene rings is 1. The van der Waals surface area contributed by atoms with Gasteiger partial charge in [0, 0.05) is 9.75 Å². The Morgan fingerprint density at radius 3 is 2.77 bits per heavy atom. The van der Waals surface area contributed by atoms with Gasteiger partial charge in [-0.25, -0.2) is 4.98 Å². The van der Waals surface area contributed by atoms with Crippen molar-refractivity contribution < 1.29 is 4.79 Å².